The monoisotopic (exact) mass is 470 g/mol. The summed E-state index contributed by atoms with van der Waals surface area (Å²) in [4.78, 5) is 19.4. The van der Waals surface area contributed by atoms with Crippen molar-refractivity contribution in [2.24, 2.45) is 5.92 Å². The van der Waals surface area contributed by atoms with E-state index in [-0.39, 0.29) is 6.03 Å². The molecule has 0 spiro atoms. The van der Waals surface area contributed by atoms with E-state index in [1.54, 1.807) is 23.1 Å². The summed E-state index contributed by atoms with van der Waals surface area (Å²) in [5, 5.41) is 8.43. The first-order valence-corrected chi connectivity index (χ1v) is 11.2. The van der Waals surface area contributed by atoms with E-state index in [1.807, 2.05) is 37.3 Å². The van der Waals surface area contributed by atoms with E-state index in [1.165, 1.54) is 0 Å². The van der Waals surface area contributed by atoms with Crippen LogP contribution in [0.15, 0.2) is 58.8 Å². The highest BCUT2D eigenvalue weighted by molar-refractivity contribution is 6.31. The predicted octanol–water partition coefficient (Wildman–Crippen LogP) is 6.59. The molecular weight excluding hydrogens is 447 g/mol. The van der Waals surface area contributed by atoms with Gasteiger partial charge in [0.2, 0.25) is 5.82 Å². The third-order valence-electron chi connectivity index (χ3n) is 5.45. The molecule has 0 bridgehead atoms. The first-order chi connectivity index (χ1) is 15.3. The second-order valence-corrected chi connectivity index (χ2v) is 9.08. The first kappa shape index (κ1) is 22.4. The molecule has 166 valence electrons. The zero-order valence-electron chi connectivity index (χ0n) is 18.1. The Labute approximate surface area is 197 Å². The van der Waals surface area contributed by atoms with Crippen LogP contribution >= 0.6 is 23.2 Å². The van der Waals surface area contributed by atoms with E-state index in [2.05, 4.69) is 29.3 Å². The first-order valence-electron chi connectivity index (χ1n) is 10.5. The molecule has 32 heavy (non-hydrogen) atoms. The lowest BCUT2D eigenvalue weighted by atomic mass is 9.94. The fraction of sp³-hybridized carbons (Fsp3) is 0.292. The van der Waals surface area contributed by atoms with Crippen LogP contribution < -0.4 is 5.32 Å². The molecular formula is C24H24Cl2N4O2. The molecule has 1 aliphatic rings. The molecule has 1 N–H and O–H groups in total. The maximum absolute atomic E-state index is 13.0. The number of allylic oxidation sites excluding steroid dienone is 1. The Morgan fingerprint density at radius 3 is 2.53 bits per heavy atom. The van der Waals surface area contributed by atoms with Crippen LogP contribution in [0.25, 0.3) is 17.0 Å². The quantitative estimate of drug-likeness (QED) is 0.441. The number of hydrogen-bond acceptors (Lipinski definition) is 4. The third-order valence-corrected chi connectivity index (χ3v) is 5.92. The number of hydrogen-bond donors (Lipinski definition) is 1. The molecule has 0 saturated heterocycles. The summed E-state index contributed by atoms with van der Waals surface area (Å²) in [5.74, 6) is 1.23. The van der Waals surface area contributed by atoms with E-state index in [0.717, 1.165) is 28.8 Å². The number of benzene rings is 2. The Morgan fingerprint density at radius 2 is 1.84 bits per heavy atom. The number of nitrogens with zero attached hydrogens (tertiary/aromatic N) is 3. The molecule has 6 nitrogen and oxygen atoms in total. The molecule has 2 amide bonds. The minimum atomic E-state index is -0.468. The minimum absolute atomic E-state index is 0.161. The second-order valence-electron chi connectivity index (χ2n) is 8.20. The zero-order valence-corrected chi connectivity index (χ0v) is 19.6. The highest BCUT2D eigenvalue weighted by Crippen LogP contribution is 2.38. The van der Waals surface area contributed by atoms with Gasteiger partial charge < -0.3 is 9.84 Å². The number of halogens is 2. The number of amides is 2. The topological polar surface area (TPSA) is 71.3 Å². The lowest BCUT2D eigenvalue weighted by molar-refractivity contribution is 0.202. The van der Waals surface area contributed by atoms with Gasteiger partial charge in [0.15, 0.2) is 0 Å². The van der Waals surface area contributed by atoms with Crippen molar-refractivity contribution < 1.29 is 9.32 Å². The SMILES string of the molecule is CC1=C(c2nc(-c3cccc(Cl)c3)no2)C(c2cccc(Cl)c2)NC(=O)N1CCC(C)C. The summed E-state index contributed by atoms with van der Waals surface area (Å²) < 4.78 is 5.69. The Kier molecular flexibility index (Phi) is 6.53. The van der Waals surface area contributed by atoms with Gasteiger partial charge in [0, 0.05) is 27.9 Å². The Balaban J connectivity index is 1.80. The number of rotatable bonds is 6. The maximum atomic E-state index is 13.0. The number of aromatic nitrogens is 2. The molecule has 2 aromatic carbocycles. The van der Waals surface area contributed by atoms with E-state index in [9.17, 15) is 4.79 Å². The number of carbonyl (C=O) groups excluding carboxylic acids is 1. The molecule has 0 radical (unpaired) electrons. The van der Waals surface area contributed by atoms with E-state index in [4.69, 9.17) is 27.7 Å². The normalized spacial score (nSPS) is 16.6. The molecule has 3 aromatic rings. The Hall–Kier alpha value is -2.83. The number of urea groups is 1. The van der Waals surface area contributed by atoms with Gasteiger partial charge in [0.1, 0.15) is 0 Å². The average Bonchev–Trinajstić information content (AvgIpc) is 3.22. The van der Waals surface area contributed by atoms with Crippen molar-refractivity contribution >= 4 is 34.8 Å². The summed E-state index contributed by atoms with van der Waals surface area (Å²) in [7, 11) is 0. The molecule has 0 aliphatic carbocycles. The van der Waals surface area contributed by atoms with Crippen LogP contribution in [0.4, 0.5) is 4.79 Å². The van der Waals surface area contributed by atoms with Crippen molar-refractivity contribution in [3.8, 4) is 11.4 Å². The summed E-state index contributed by atoms with van der Waals surface area (Å²) in [6.45, 7) is 6.77. The minimum Gasteiger partial charge on any atom is -0.334 e. The van der Waals surface area contributed by atoms with Crippen LogP contribution in [-0.4, -0.2) is 27.6 Å². The molecule has 8 heteroatoms. The summed E-state index contributed by atoms with van der Waals surface area (Å²) in [5.41, 5.74) is 3.12. The average molecular weight is 471 g/mol. The predicted molar refractivity (Wildman–Crippen MR) is 126 cm³/mol. The number of carbonyl (C=O) groups is 1. The van der Waals surface area contributed by atoms with Crippen molar-refractivity contribution in [3.05, 3.63) is 75.7 Å². The molecule has 2 heterocycles. The molecule has 0 fully saturated rings. The van der Waals surface area contributed by atoms with Crippen LogP contribution in [0, 0.1) is 5.92 Å². The summed E-state index contributed by atoms with van der Waals surface area (Å²) >= 11 is 12.4. The highest BCUT2D eigenvalue weighted by atomic mass is 35.5. The second kappa shape index (κ2) is 9.35. The van der Waals surface area contributed by atoms with Gasteiger partial charge in [-0.3, -0.25) is 4.90 Å². The molecule has 0 saturated carbocycles. The van der Waals surface area contributed by atoms with Crippen molar-refractivity contribution in [1.82, 2.24) is 20.4 Å². The third kappa shape index (κ3) is 4.66. The Morgan fingerprint density at radius 1 is 1.12 bits per heavy atom. The van der Waals surface area contributed by atoms with E-state index >= 15 is 0 Å². The van der Waals surface area contributed by atoms with Crippen molar-refractivity contribution in [2.75, 3.05) is 6.54 Å². The fourth-order valence-electron chi connectivity index (χ4n) is 3.73. The van der Waals surface area contributed by atoms with Crippen LogP contribution in [0.5, 0.6) is 0 Å². The van der Waals surface area contributed by atoms with Crippen molar-refractivity contribution in [3.63, 3.8) is 0 Å². The summed E-state index contributed by atoms with van der Waals surface area (Å²) in [6.07, 6.45) is 0.872. The zero-order chi connectivity index (χ0) is 22.8. The van der Waals surface area contributed by atoms with Crippen LogP contribution in [0.2, 0.25) is 10.0 Å². The van der Waals surface area contributed by atoms with Gasteiger partial charge in [-0.15, -0.1) is 0 Å². The lowest BCUT2D eigenvalue weighted by Gasteiger charge is -2.35. The van der Waals surface area contributed by atoms with Gasteiger partial charge in [0.25, 0.3) is 5.89 Å². The largest absolute Gasteiger partial charge is 0.334 e. The van der Waals surface area contributed by atoms with Crippen molar-refractivity contribution in [1.29, 1.82) is 0 Å². The maximum Gasteiger partial charge on any atom is 0.322 e. The fourth-order valence-corrected chi connectivity index (χ4v) is 4.12. The highest BCUT2D eigenvalue weighted by Gasteiger charge is 2.35. The smallest absolute Gasteiger partial charge is 0.322 e. The van der Waals surface area contributed by atoms with E-state index < -0.39 is 6.04 Å². The van der Waals surface area contributed by atoms with Gasteiger partial charge in [-0.05, 0) is 49.1 Å². The Bertz CT molecular complexity index is 1170. The lowest BCUT2D eigenvalue weighted by Crippen LogP contribution is -2.46. The van der Waals surface area contributed by atoms with Gasteiger partial charge in [-0.1, -0.05) is 66.5 Å². The van der Waals surface area contributed by atoms with Gasteiger partial charge in [0.05, 0.1) is 11.6 Å². The van der Waals surface area contributed by atoms with Crippen LogP contribution in [0.1, 0.15) is 44.7 Å². The van der Waals surface area contributed by atoms with Gasteiger partial charge in [-0.25, -0.2) is 4.79 Å². The molecule has 1 atom stereocenters. The molecule has 1 aliphatic heterocycles. The molecule has 1 aromatic heterocycles. The van der Waals surface area contributed by atoms with E-state index in [0.29, 0.717) is 34.2 Å². The number of nitrogens with one attached hydrogen (secondary N) is 1. The molecule has 1 unspecified atom stereocenters. The summed E-state index contributed by atoms with van der Waals surface area (Å²) in [6, 6.07) is 14.0. The molecule has 4 rings (SSSR count). The van der Waals surface area contributed by atoms with Crippen LogP contribution in [0.3, 0.4) is 0 Å². The van der Waals surface area contributed by atoms with Crippen molar-refractivity contribution in [2.45, 2.75) is 33.2 Å². The standard InChI is InChI=1S/C24H24Cl2N4O2/c1-14(2)10-11-30-15(3)20(21(27-24(30)31)16-6-4-8-18(25)12-16)23-28-22(29-32-23)17-7-5-9-19(26)13-17/h4-9,12-14,21H,10-11H2,1-3H3,(H,27,31). The van der Waals surface area contributed by atoms with Gasteiger partial charge in [-0.2, -0.15) is 4.98 Å². The van der Waals surface area contributed by atoms with Crippen LogP contribution in [-0.2, 0) is 0 Å². The van der Waals surface area contributed by atoms with Gasteiger partial charge >= 0.3 is 6.03 Å².